The second-order valence-corrected chi connectivity index (χ2v) is 13.7. The maximum Gasteiger partial charge on any atom is 0.160 e. The number of rotatable bonds is 6. The van der Waals surface area contributed by atoms with Gasteiger partial charge in [0.25, 0.3) is 0 Å². The summed E-state index contributed by atoms with van der Waals surface area (Å²) in [6, 6.07) is 74.1. The summed E-state index contributed by atoms with van der Waals surface area (Å²) < 4.78 is 0. The molecule has 0 fully saturated rings. The van der Waals surface area contributed by atoms with E-state index in [1.807, 2.05) is 24.3 Å². The second-order valence-electron chi connectivity index (χ2n) is 13.7. The van der Waals surface area contributed by atoms with Gasteiger partial charge in [-0.25, -0.2) is 9.97 Å². The van der Waals surface area contributed by atoms with Gasteiger partial charge in [-0.2, -0.15) is 0 Å². The van der Waals surface area contributed by atoms with Crippen LogP contribution in [0.4, 0.5) is 0 Å². The smallest absolute Gasteiger partial charge is 0.160 e. The highest BCUT2D eigenvalue weighted by Gasteiger charge is 2.46. The summed E-state index contributed by atoms with van der Waals surface area (Å²) in [4.78, 5) is 10.5. The van der Waals surface area contributed by atoms with E-state index in [9.17, 15) is 0 Å². The van der Waals surface area contributed by atoms with Crippen LogP contribution >= 0.6 is 0 Å². The van der Waals surface area contributed by atoms with E-state index in [1.54, 1.807) is 0 Å². The number of hydrogen-bond donors (Lipinski definition) is 0. The molecule has 0 saturated carbocycles. The summed E-state index contributed by atoms with van der Waals surface area (Å²) in [6.45, 7) is 0. The predicted octanol–water partition coefficient (Wildman–Crippen LogP) is 12.7. The molecule has 1 aliphatic carbocycles. The van der Waals surface area contributed by atoms with Crippen LogP contribution in [0.15, 0.2) is 206 Å². The number of benzene rings is 8. The van der Waals surface area contributed by atoms with Gasteiger partial charge in [0.2, 0.25) is 0 Å². The standard InChI is InChI=1S/C51H34N2/c1-5-19-36(20-6-1)48-34-49(53-50(52-48)37-21-7-2-8-22-37)45-32-44-42-29-15-16-31-46(42)51(38-24-9-3-10-25-38,39-26-11-4-12-27-39)47(44)33-43(45)41-30-17-23-35-18-13-14-28-40(35)41/h1-34H. The molecule has 0 bridgehead atoms. The Labute approximate surface area is 309 Å². The normalized spacial score (nSPS) is 12.7. The lowest BCUT2D eigenvalue weighted by atomic mass is 9.67. The number of nitrogens with zero attached hydrogens (tertiary/aromatic N) is 2. The molecule has 0 spiro atoms. The van der Waals surface area contributed by atoms with Crippen LogP contribution in [-0.4, -0.2) is 9.97 Å². The van der Waals surface area contributed by atoms with Crippen molar-refractivity contribution in [3.05, 3.63) is 229 Å². The first-order valence-corrected chi connectivity index (χ1v) is 18.2. The molecule has 53 heavy (non-hydrogen) atoms. The molecule has 1 aliphatic rings. The number of fused-ring (bicyclic) bond motifs is 4. The van der Waals surface area contributed by atoms with Gasteiger partial charge in [-0.05, 0) is 73.5 Å². The molecule has 0 saturated heterocycles. The molecule has 2 heteroatoms. The zero-order chi connectivity index (χ0) is 35.2. The van der Waals surface area contributed by atoms with Crippen molar-refractivity contribution in [3.63, 3.8) is 0 Å². The predicted molar refractivity (Wildman–Crippen MR) is 219 cm³/mol. The van der Waals surface area contributed by atoms with E-state index in [-0.39, 0.29) is 0 Å². The van der Waals surface area contributed by atoms with Crippen molar-refractivity contribution in [2.24, 2.45) is 0 Å². The highest BCUT2D eigenvalue weighted by atomic mass is 14.9. The highest BCUT2D eigenvalue weighted by molar-refractivity contribution is 6.03. The Kier molecular flexibility index (Phi) is 7.40. The SMILES string of the molecule is c1ccc(-c2cc(-c3cc4c(cc3-c3cccc5ccccc35)C(c3ccccc3)(c3ccccc3)c3ccccc3-4)nc(-c3ccccc3)n2)cc1. The molecule has 0 N–H and O–H groups in total. The molecule has 1 heterocycles. The molecule has 9 aromatic rings. The van der Waals surface area contributed by atoms with Crippen molar-refractivity contribution in [1.82, 2.24) is 9.97 Å². The van der Waals surface area contributed by atoms with Crippen molar-refractivity contribution in [1.29, 1.82) is 0 Å². The van der Waals surface area contributed by atoms with Crippen LogP contribution in [0, 0.1) is 0 Å². The number of aromatic nitrogens is 2. The third-order valence-electron chi connectivity index (χ3n) is 10.8. The van der Waals surface area contributed by atoms with E-state index in [4.69, 9.17) is 9.97 Å². The van der Waals surface area contributed by atoms with Gasteiger partial charge in [-0.1, -0.05) is 188 Å². The molecule has 0 aliphatic heterocycles. The van der Waals surface area contributed by atoms with E-state index in [0.717, 1.165) is 33.6 Å². The van der Waals surface area contributed by atoms with Crippen LogP contribution in [0.5, 0.6) is 0 Å². The highest BCUT2D eigenvalue weighted by Crippen LogP contribution is 2.58. The first-order chi connectivity index (χ1) is 26.3. The lowest BCUT2D eigenvalue weighted by Crippen LogP contribution is -2.28. The minimum atomic E-state index is -0.525. The summed E-state index contributed by atoms with van der Waals surface area (Å²) in [6.07, 6.45) is 0. The summed E-state index contributed by atoms with van der Waals surface area (Å²) in [5.41, 5.74) is 14.2. The summed E-state index contributed by atoms with van der Waals surface area (Å²) in [7, 11) is 0. The van der Waals surface area contributed by atoms with Crippen LogP contribution < -0.4 is 0 Å². The molecule has 0 amide bonds. The van der Waals surface area contributed by atoms with Gasteiger partial charge < -0.3 is 0 Å². The van der Waals surface area contributed by atoms with Gasteiger partial charge >= 0.3 is 0 Å². The van der Waals surface area contributed by atoms with Crippen molar-refractivity contribution < 1.29 is 0 Å². The minimum Gasteiger partial charge on any atom is -0.228 e. The average molecular weight is 675 g/mol. The third-order valence-corrected chi connectivity index (χ3v) is 10.8. The molecule has 0 radical (unpaired) electrons. The van der Waals surface area contributed by atoms with Gasteiger partial charge in [0.1, 0.15) is 0 Å². The molecule has 1 aromatic heterocycles. The topological polar surface area (TPSA) is 25.8 Å². The number of hydrogen-bond acceptors (Lipinski definition) is 2. The largest absolute Gasteiger partial charge is 0.228 e. The van der Waals surface area contributed by atoms with Gasteiger partial charge in [0.15, 0.2) is 5.82 Å². The van der Waals surface area contributed by atoms with Crippen LogP contribution in [0.3, 0.4) is 0 Å². The Hall–Kier alpha value is -6.90. The lowest BCUT2D eigenvalue weighted by molar-refractivity contribution is 0.769. The minimum absolute atomic E-state index is 0.525. The van der Waals surface area contributed by atoms with Crippen molar-refractivity contribution in [3.8, 4) is 56.2 Å². The Morgan fingerprint density at radius 1 is 0.321 bits per heavy atom. The van der Waals surface area contributed by atoms with E-state index in [1.165, 1.54) is 49.7 Å². The van der Waals surface area contributed by atoms with Crippen LogP contribution in [0.25, 0.3) is 66.9 Å². The Balaban J connectivity index is 1.35. The Morgan fingerprint density at radius 3 is 1.58 bits per heavy atom. The van der Waals surface area contributed by atoms with Gasteiger partial charge in [0.05, 0.1) is 16.8 Å². The molecule has 2 nitrogen and oxygen atoms in total. The maximum atomic E-state index is 5.39. The molecule has 0 atom stereocenters. The fourth-order valence-corrected chi connectivity index (χ4v) is 8.44. The van der Waals surface area contributed by atoms with Crippen LogP contribution in [0.1, 0.15) is 22.3 Å². The Bertz CT molecular complexity index is 2650. The Morgan fingerprint density at radius 2 is 0.868 bits per heavy atom. The van der Waals surface area contributed by atoms with E-state index in [2.05, 4.69) is 182 Å². The quantitative estimate of drug-likeness (QED) is 0.175. The van der Waals surface area contributed by atoms with Gasteiger partial charge in [0, 0.05) is 16.7 Å². The second kappa shape index (κ2) is 12.7. The summed E-state index contributed by atoms with van der Waals surface area (Å²) in [5, 5.41) is 2.41. The summed E-state index contributed by atoms with van der Waals surface area (Å²) in [5.74, 6) is 0.703. The van der Waals surface area contributed by atoms with Crippen molar-refractivity contribution >= 4 is 10.8 Å². The monoisotopic (exact) mass is 674 g/mol. The summed E-state index contributed by atoms with van der Waals surface area (Å²) >= 11 is 0. The van der Waals surface area contributed by atoms with E-state index >= 15 is 0 Å². The van der Waals surface area contributed by atoms with Crippen molar-refractivity contribution in [2.45, 2.75) is 5.41 Å². The fraction of sp³-hybridized carbons (Fsp3) is 0.0196. The molecular weight excluding hydrogens is 641 g/mol. The molecule has 0 unspecified atom stereocenters. The first kappa shape index (κ1) is 30.9. The molecule has 248 valence electrons. The van der Waals surface area contributed by atoms with Gasteiger partial charge in [-0.3, -0.25) is 0 Å². The lowest BCUT2D eigenvalue weighted by Gasteiger charge is -2.34. The molecular formula is C51H34N2. The first-order valence-electron chi connectivity index (χ1n) is 18.2. The zero-order valence-corrected chi connectivity index (χ0v) is 29.0. The van der Waals surface area contributed by atoms with Crippen LogP contribution in [0.2, 0.25) is 0 Å². The van der Waals surface area contributed by atoms with Gasteiger partial charge in [-0.15, -0.1) is 0 Å². The van der Waals surface area contributed by atoms with E-state index in [0.29, 0.717) is 5.82 Å². The van der Waals surface area contributed by atoms with Crippen LogP contribution in [-0.2, 0) is 5.41 Å². The fourth-order valence-electron chi connectivity index (χ4n) is 8.44. The van der Waals surface area contributed by atoms with Crippen molar-refractivity contribution in [2.75, 3.05) is 0 Å². The molecule has 8 aromatic carbocycles. The molecule has 10 rings (SSSR count). The maximum absolute atomic E-state index is 5.39. The third kappa shape index (κ3) is 5.03. The zero-order valence-electron chi connectivity index (χ0n) is 29.0. The van der Waals surface area contributed by atoms with E-state index < -0.39 is 5.41 Å². The average Bonchev–Trinajstić information content (AvgIpc) is 3.54.